The van der Waals surface area contributed by atoms with E-state index in [9.17, 15) is 35.2 Å². The van der Waals surface area contributed by atoms with Crippen LogP contribution < -0.4 is 4.72 Å². The number of piperidine rings is 1. The van der Waals surface area contributed by atoms with Gasteiger partial charge in [-0.25, -0.2) is 21.9 Å². The van der Waals surface area contributed by atoms with Gasteiger partial charge in [-0.1, -0.05) is 6.07 Å². The number of nitrogens with one attached hydrogen (secondary N) is 1. The number of alkyl halides is 3. The van der Waals surface area contributed by atoms with Crippen molar-refractivity contribution in [1.82, 2.24) is 9.62 Å². The largest absolute Gasteiger partial charge is 0.408 e. The van der Waals surface area contributed by atoms with Gasteiger partial charge in [0.1, 0.15) is 17.7 Å². The number of amides is 1. The van der Waals surface area contributed by atoms with Crippen molar-refractivity contribution >= 4 is 15.9 Å². The Morgan fingerprint density at radius 1 is 1.19 bits per heavy atom. The first-order valence-corrected chi connectivity index (χ1v) is 9.32. The van der Waals surface area contributed by atoms with Crippen LogP contribution in [0.25, 0.3) is 0 Å². The van der Waals surface area contributed by atoms with Crippen LogP contribution in [-0.2, 0) is 14.8 Å². The number of carbonyl (C=O) groups is 1. The SMILES string of the molecule is O=C(CCNS(=O)(=O)c1c(F)cccc1F)N1CCCCC1C(F)(F)F. The van der Waals surface area contributed by atoms with Crippen LogP contribution in [0.4, 0.5) is 22.0 Å². The third-order valence-electron chi connectivity index (χ3n) is 4.02. The number of halogens is 5. The van der Waals surface area contributed by atoms with E-state index in [-0.39, 0.29) is 13.0 Å². The van der Waals surface area contributed by atoms with Crippen LogP contribution in [0.1, 0.15) is 25.7 Å². The Labute approximate surface area is 147 Å². The van der Waals surface area contributed by atoms with Crippen molar-refractivity contribution in [2.45, 2.75) is 42.8 Å². The molecule has 0 bridgehead atoms. The zero-order valence-corrected chi connectivity index (χ0v) is 14.3. The lowest BCUT2D eigenvalue weighted by molar-refractivity contribution is -0.195. The molecule has 2 rings (SSSR count). The lowest BCUT2D eigenvalue weighted by Gasteiger charge is -2.36. The fraction of sp³-hybridized carbons (Fsp3) is 0.533. The normalized spacial score (nSPS) is 18.8. The minimum Gasteiger partial charge on any atom is -0.331 e. The van der Waals surface area contributed by atoms with Gasteiger partial charge in [0.2, 0.25) is 15.9 Å². The molecule has 0 aliphatic carbocycles. The molecule has 0 spiro atoms. The number of carbonyl (C=O) groups excluding carboxylic acids is 1. The molecule has 0 saturated carbocycles. The Hall–Kier alpha value is -1.75. The summed E-state index contributed by atoms with van der Waals surface area (Å²) < 4.78 is 91.8. The molecule has 0 aromatic heterocycles. The molecule has 146 valence electrons. The highest BCUT2D eigenvalue weighted by Crippen LogP contribution is 2.32. The monoisotopic (exact) mass is 400 g/mol. The van der Waals surface area contributed by atoms with E-state index in [1.54, 1.807) is 0 Å². The summed E-state index contributed by atoms with van der Waals surface area (Å²) >= 11 is 0. The van der Waals surface area contributed by atoms with Crippen LogP contribution in [0.3, 0.4) is 0 Å². The molecule has 1 unspecified atom stereocenters. The van der Waals surface area contributed by atoms with Crippen LogP contribution in [0.5, 0.6) is 0 Å². The van der Waals surface area contributed by atoms with Crippen LogP contribution >= 0.6 is 0 Å². The maximum atomic E-state index is 13.5. The number of hydrogen-bond donors (Lipinski definition) is 1. The van der Waals surface area contributed by atoms with Crippen molar-refractivity contribution in [3.63, 3.8) is 0 Å². The Morgan fingerprint density at radius 3 is 2.38 bits per heavy atom. The molecule has 1 aromatic rings. The Bertz CT molecular complexity index is 747. The Balaban J connectivity index is 2.01. The molecule has 1 heterocycles. The predicted octanol–water partition coefficient (Wildman–Crippen LogP) is 2.58. The van der Waals surface area contributed by atoms with Gasteiger partial charge in [0.25, 0.3) is 0 Å². The van der Waals surface area contributed by atoms with Crippen LogP contribution in [0, 0.1) is 11.6 Å². The summed E-state index contributed by atoms with van der Waals surface area (Å²) in [6.45, 7) is -0.645. The maximum Gasteiger partial charge on any atom is 0.408 e. The van der Waals surface area contributed by atoms with Gasteiger partial charge in [-0.2, -0.15) is 13.2 Å². The highest BCUT2D eigenvalue weighted by atomic mass is 32.2. The minimum atomic E-state index is -4.58. The predicted molar refractivity (Wildman–Crippen MR) is 81.6 cm³/mol. The summed E-state index contributed by atoms with van der Waals surface area (Å²) in [4.78, 5) is 11.5. The van der Waals surface area contributed by atoms with E-state index in [4.69, 9.17) is 0 Å². The Kier molecular flexibility index (Phi) is 6.22. The zero-order valence-electron chi connectivity index (χ0n) is 13.5. The van der Waals surface area contributed by atoms with Gasteiger partial charge < -0.3 is 4.90 Å². The molecule has 1 fully saturated rings. The summed E-state index contributed by atoms with van der Waals surface area (Å²) in [5.74, 6) is -3.49. The second-order valence-electron chi connectivity index (χ2n) is 5.84. The molecule has 1 atom stereocenters. The summed E-state index contributed by atoms with van der Waals surface area (Å²) in [6, 6.07) is 0.597. The second-order valence-corrected chi connectivity index (χ2v) is 7.54. The van der Waals surface area contributed by atoms with Gasteiger partial charge in [-0.15, -0.1) is 0 Å². The molecule has 0 radical (unpaired) electrons. The molecule has 1 aromatic carbocycles. The second kappa shape index (κ2) is 7.87. The number of rotatable bonds is 5. The summed E-state index contributed by atoms with van der Waals surface area (Å²) in [5, 5.41) is 0. The molecule has 5 nitrogen and oxygen atoms in total. The minimum absolute atomic E-state index is 0.0717. The van der Waals surface area contributed by atoms with Gasteiger partial charge in [0.15, 0.2) is 4.90 Å². The quantitative estimate of drug-likeness (QED) is 0.773. The van der Waals surface area contributed by atoms with Crippen molar-refractivity contribution in [3.05, 3.63) is 29.8 Å². The highest BCUT2D eigenvalue weighted by Gasteiger charge is 2.46. The van der Waals surface area contributed by atoms with E-state index in [1.807, 2.05) is 4.72 Å². The van der Waals surface area contributed by atoms with Crippen molar-refractivity contribution in [2.24, 2.45) is 0 Å². The number of likely N-dealkylation sites (tertiary alicyclic amines) is 1. The molecule has 11 heteroatoms. The van der Waals surface area contributed by atoms with E-state index in [2.05, 4.69) is 0 Å². The summed E-state index contributed by atoms with van der Waals surface area (Å²) in [7, 11) is -4.58. The lowest BCUT2D eigenvalue weighted by atomic mass is 10.0. The molecule has 26 heavy (non-hydrogen) atoms. The first-order chi connectivity index (χ1) is 12.0. The average molecular weight is 400 g/mol. The standard InChI is InChI=1S/C15H17F5N2O3S/c16-10-4-3-5-11(17)14(10)26(24,25)21-8-7-13(23)22-9-2-1-6-12(22)15(18,19)20/h3-5,12,21H,1-2,6-9H2. The molecule has 1 aliphatic rings. The smallest absolute Gasteiger partial charge is 0.331 e. The maximum absolute atomic E-state index is 13.5. The molecule has 1 amide bonds. The van der Waals surface area contributed by atoms with Gasteiger partial charge in [0.05, 0.1) is 0 Å². The zero-order chi connectivity index (χ0) is 19.5. The first-order valence-electron chi connectivity index (χ1n) is 7.84. The molecule has 1 N–H and O–H groups in total. The van der Waals surface area contributed by atoms with Crippen LogP contribution in [0.2, 0.25) is 0 Å². The highest BCUT2D eigenvalue weighted by molar-refractivity contribution is 7.89. The summed E-state index contributed by atoms with van der Waals surface area (Å²) in [5.41, 5.74) is 0. The Morgan fingerprint density at radius 2 is 1.81 bits per heavy atom. The average Bonchev–Trinajstić information content (AvgIpc) is 2.53. The van der Waals surface area contributed by atoms with E-state index in [1.165, 1.54) is 0 Å². The van der Waals surface area contributed by atoms with Crippen molar-refractivity contribution in [2.75, 3.05) is 13.1 Å². The topological polar surface area (TPSA) is 66.5 Å². The molecule has 1 aliphatic heterocycles. The third kappa shape index (κ3) is 4.70. The summed E-state index contributed by atoms with van der Waals surface area (Å²) in [6.07, 6.45) is -4.56. The van der Waals surface area contributed by atoms with E-state index < -0.39 is 57.6 Å². The van der Waals surface area contributed by atoms with Crippen molar-refractivity contribution in [3.8, 4) is 0 Å². The molecular weight excluding hydrogens is 383 g/mol. The number of hydrogen-bond acceptors (Lipinski definition) is 3. The third-order valence-corrected chi connectivity index (χ3v) is 5.53. The van der Waals surface area contributed by atoms with Gasteiger partial charge >= 0.3 is 6.18 Å². The van der Waals surface area contributed by atoms with Crippen LogP contribution in [-0.4, -0.2) is 44.5 Å². The lowest BCUT2D eigenvalue weighted by Crippen LogP contribution is -2.51. The van der Waals surface area contributed by atoms with Gasteiger partial charge in [0, 0.05) is 19.5 Å². The fourth-order valence-corrected chi connectivity index (χ4v) is 3.98. The first kappa shape index (κ1) is 20.6. The van der Waals surface area contributed by atoms with E-state index in [0.29, 0.717) is 17.7 Å². The van der Waals surface area contributed by atoms with Gasteiger partial charge in [-0.05, 0) is 31.4 Å². The number of nitrogens with zero attached hydrogens (tertiary/aromatic N) is 1. The molecular formula is C15H17F5N2O3S. The van der Waals surface area contributed by atoms with Crippen LogP contribution in [0.15, 0.2) is 23.1 Å². The fourth-order valence-electron chi connectivity index (χ4n) is 2.82. The number of benzene rings is 1. The number of sulfonamides is 1. The van der Waals surface area contributed by atoms with Gasteiger partial charge in [-0.3, -0.25) is 4.79 Å². The van der Waals surface area contributed by atoms with E-state index in [0.717, 1.165) is 18.2 Å². The van der Waals surface area contributed by atoms with Crippen molar-refractivity contribution in [1.29, 1.82) is 0 Å². The van der Waals surface area contributed by atoms with E-state index >= 15 is 0 Å². The van der Waals surface area contributed by atoms with Crippen molar-refractivity contribution < 1.29 is 35.2 Å². The molecule has 1 saturated heterocycles.